The molecule has 4 nitrogen and oxygen atoms in total. The summed E-state index contributed by atoms with van der Waals surface area (Å²) in [6, 6.07) is 10.6. The zero-order valence-corrected chi connectivity index (χ0v) is 17.8. The Morgan fingerprint density at radius 3 is 2.69 bits per heavy atom. The van der Waals surface area contributed by atoms with E-state index in [0.717, 1.165) is 44.3 Å². The molecule has 3 saturated heterocycles. The van der Waals surface area contributed by atoms with E-state index in [2.05, 4.69) is 23.6 Å². The van der Waals surface area contributed by atoms with Gasteiger partial charge in [0.25, 0.3) is 0 Å². The number of amides is 2. The monoisotopic (exact) mass is 394 g/mol. The molecule has 0 aromatic heterocycles. The summed E-state index contributed by atoms with van der Waals surface area (Å²) in [6.07, 6.45) is 9.83. The lowest BCUT2D eigenvalue weighted by Gasteiger charge is -2.56. The Morgan fingerprint density at radius 1 is 1.17 bits per heavy atom. The van der Waals surface area contributed by atoms with E-state index in [1.54, 1.807) is 6.08 Å². The normalized spacial score (nSPS) is 29.4. The zero-order valence-electron chi connectivity index (χ0n) is 17.8. The van der Waals surface area contributed by atoms with Crippen LogP contribution in [0.3, 0.4) is 0 Å². The molecule has 3 aliphatic heterocycles. The van der Waals surface area contributed by atoms with Gasteiger partial charge in [-0.05, 0) is 61.5 Å². The number of hydrogen-bond acceptors (Lipinski definition) is 2. The molecule has 2 bridgehead atoms. The minimum absolute atomic E-state index is 0.113. The van der Waals surface area contributed by atoms with Crippen molar-refractivity contribution in [2.75, 3.05) is 13.1 Å². The third-order valence-corrected chi connectivity index (χ3v) is 7.07. The van der Waals surface area contributed by atoms with Gasteiger partial charge in [0.15, 0.2) is 0 Å². The standard InChI is InChI=1S/C25H34N2O2/c1-18(2)11-13-23-21-15-20(22-9-6-10-25(29)27(22)23)16-26(17-21)24(28)14-12-19-7-4-3-5-8-19/h3-5,7-8,12,14,18,20-23H,6,9-11,13,15-17H2,1-2H3/t20-,21+,22+,23+/m1/s1. The van der Waals surface area contributed by atoms with Crippen LogP contribution in [0.15, 0.2) is 36.4 Å². The van der Waals surface area contributed by atoms with E-state index in [1.165, 1.54) is 6.42 Å². The molecule has 0 unspecified atom stereocenters. The van der Waals surface area contributed by atoms with E-state index in [9.17, 15) is 9.59 Å². The van der Waals surface area contributed by atoms with Gasteiger partial charge in [-0.1, -0.05) is 44.2 Å². The molecule has 3 aliphatic rings. The van der Waals surface area contributed by atoms with Gasteiger partial charge < -0.3 is 9.80 Å². The molecular weight excluding hydrogens is 360 g/mol. The number of benzene rings is 1. The van der Waals surface area contributed by atoms with Crippen LogP contribution in [0, 0.1) is 17.8 Å². The van der Waals surface area contributed by atoms with E-state index in [0.29, 0.717) is 42.2 Å². The second-order valence-electron chi connectivity index (χ2n) is 9.54. The molecule has 2 amide bonds. The summed E-state index contributed by atoms with van der Waals surface area (Å²) in [6.45, 7) is 6.09. The minimum atomic E-state index is 0.113. The number of rotatable bonds is 5. The lowest BCUT2D eigenvalue weighted by atomic mass is 9.70. The van der Waals surface area contributed by atoms with Crippen molar-refractivity contribution < 1.29 is 9.59 Å². The Hall–Kier alpha value is -2.10. The molecule has 29 heavy (non-hydrogen) atoms. The van der Waals surface area contributed by atoms with Crippen molar-refractivity contribution in [2.45, 2.75) is 64.5 Å². The Morgan fingerprint density at radius 2 is 1.93 bits per heavy atom. The number of piperidine rings is 3. The molecule has 0 radical (unpaired) electrons. The van der Waals surface area contributed by atoms with Crippen molar-refractivity contribution in [3.05, 3.63) is 42.0 Å². The highest BCUT2D eigenvalue weighted by Gasteiger charge is 2.49. The minimum Gasteiger partial charge on any atom is -0.338 e. The first-order valence-corrected chi connectivity index (χ1v) is 11.4. The molecule has 0 N–H and O–H groups in total. The van der Waals surface area contributed by atoms with Crippen molar-refractivity contribution in [3.8, 4) is 0 Å². The van der Waals surface area contributed by atoms with Crippen LogP contribution in [0.5, 0.6) is 0 Å². The quantitative estimate of drug-likeness (QED) is 0.696. The van der Waals surface area contributed by atoms with E-state index < -0.39 is 0 Å². The Balaban J connectivity index is 1.51. The second kappa shape index (κ2) is 8.73. The van der Waals surface area contributed by atoms with Crippen LogP contribution >= 0.6 is 0 Å². The number of carbonyl (C=O) groups is 2. The second-order valence-corrected chi connectivity index (χ2v) is 9.54. The molecule has 156 valence electrons. The van der Waals surface area contributed by atoms with Gasteiger partial charge in [0, 0.05) is 37.7 Å². The van der Waals surface area contributed by atoms with Crippen LogP contribution in [-0.4, -0.2) is 46.8 Å². The van der Waals surface area contributed by atoms with Crippen molar-refractivity contribution in [3.63, 3.8) is 0 Å². The molecule has 3 heterocycles. The first-order valence-electron chi connectivity index (χ1n) is 11.4. The van der Waals surface area contributed by atoms with E-state index in [1.807, 2.05) is 36.4 Å². The Bertz CT molecular complexity index is 757. The van der Waals surface area contributed by atoms with Gasteiger partial charge in [-0.3, -0.25) is 9.59 Å². The summed E-state index contributed by atoms with van der Waals surface area (Å²) < 4.78 is 0. The van der Waals surface area contributed by atoms with Gasteiger partial charge in [-0.2, -0.15) is 0 Å². The Labute approximate surface area is 175 Å². The number of likely N-dealkylation sites (tertiary alicyclic amines) is 1. The molecular formula is C25H34N2O2. The third-order valence-electron chi connectivity index (χ3n) is 7.07. The van der Waals surface area contributed by atoms with Gasteiger partial charge in [0.1, 0.15) is 0 Å². The first kappa shape index (κ1) is 20.2. The maximum Gasteiger partial charge on any atom is 0.246 e. The molecule has 1 aromatic carbocycles. The number of carbonyl (C=O) groups excluding carboxylic acids is 2. The van der Waals surface area contributed by atoms with Crippen molar-refractivity contribution in [1.82, 2.24) is 9.80 Å². The molecule has 3 fully saturated rings. The average molecular weight is 395 g/mol. The maximum absolute atomic E-state index is 13.0. The summed E-state index contributed by atoms with van der Waals surface area (Å²) >= 11 is 0. The maximum atomic E-state index is 13.0. The molecule has 4 rings (SSSR count). The first-order chi connectivity index (χ1) is 14.0. The average Bonchev–Trinajstić information content (AvgIpc) is 2.73. The predicted molar refractivity (Wildman–Crippen MR) is 116 cm³/mol. The van der Waals surface area contributed by atoms with E-state index in [4.69, 9.17) is 0 Å². The van der Waals surface area contributed by atoms with Gasteiger partial charge in [0.2, 0.25) is 11.8 Å². The SMILES string of the molecule is CC(C)CC[C@H]1[C@H]2C[C@H](CN(C(=O)C=Cc3ccccc3)C2)[C@@H]2CCCC(=O)N21. The van der Waals surface area contributed by atoms with E-state index >= 15 is 0 Å². The molecule has 0 saturated carbocycles. The number of fused-ring (bicyclic) bond motifs is 4. The lowest BCUT2D eigenvalue weighted by molar-refractivity contribution is -0.155. The van der Waals surface area contributed by atoms with Crippen LogP contribution in [0.4, 0.5) is 0 Å². The highest BCUT2D eigenvalue weighted by Crippen LogP contribution is 2.43. The fraction of sp³-hybridized carbons (Fsp3) is 0.600. The highest BCUT2D eigenvalue weighted by atomic mass is 16.2. The van der Waals surface area contributed by atoms with Crippen LogP contribution < -0.4 is 0 Å². The molecule has 1 aromatic rings. The molecule has 0 spiro atoms. The molecule has 4 heteroatoms. The molecule has 0 aliphatic carbocycles. The van der Waals surface area contributed by atoms with E-state index in [-0.39, 0.29) is 5.91 Å². The predicted octanol–water partition coefficient (Wildman–Crippen LogP) is 4.36. The van der Waals surface area contributed by atoms with Gasteiger partial charge >= 0.3 is 0 Å². The largest absolute Gasteiger partial charge is 0.338 e. The summed E-state index contributed by atoms with van der Waals surface area (Å²) in [5, 5.41) is 0. The van der Waals surface area contributed by atoms with Crippen molar-refractivity contribution >= 4 is 17.9 Å². The topological polar surface area (TPSA) is 40.6 Å². The van der Waals surface area contributed by atoms with Crippen LogP contribution in [0.1, 0.15) is 57.9 Å². The Kier molecular flexibility index (Phi) is 6.07. The summed E-state index contributed by atoms with van der Waals surface area (Å²) in [7, 11) is 0. The van der Waals surface area contributed by atoms with Crippen LogP contribution in [-0.2, 0) is 9.59 Å². The zero-order chi connectivity index (χ0) is 20.4. The summed E-state index contributed by atoms with van der Waals surface area (Å²) in [5.74, 6) is 1.96. The number of nitrogens with zero attached hydrogens (tertiary/aromatic N) is 2. The highest BCUT2D eigenvalue weighted by molar-refractivity contribution is 5.92. The summed E-state index contributed by atoms with van der Waals surface area (Å²) in [5.41, 5.74) is 1.05. The van der Waals surface area contributed by atoms with Crippen molar-refractivity contribution in [1.29, 1.82) is 0 Å². The van der Waals surface area contributed by atoms with Crippen LogP contribution in [0.2, 0.25) is 0 Å². The number of hydrogen-bond donors (Lipinski definition) is 0. The van der Waals surface area contributed by atoms with Crippen LogP contribution in [0.25, 0.3) is 6.08 Å². The fourth-order valence-corrected chi connectivity index (χ4v) is 5.67. The van der Waals surface area contributed by atoms with Gasteiger partial charge in [0.05, 0.1) is 0 Å². The van der Waals surface area contributed by atoms with Crippen molar-refractivity contribution in [2.24, 2.45) is 17.8 Å². The fourth-order valence-electron chi connectivity index (χ4n) is 5.67. The molecule has 4 atom stereocenters. The van der Waals surface area contributed by atoms with Gasteiger partial charge in [-0.25, -0.2) is 0 Å². The van der Waals surface area contributed by atoms with Gasteiger partial charge in [-0.15, -0.1) is 0 Å². The third kappa shape index (κ3) is 4.41. The summed E-state index contributed by atoms with van der Waals surface area (Å²) in [4.78, 5) is 30.1. The smallest absolute Gasteiger partial charge is 0.246 e. The lowest BCUT2D eigenvalue weighted by Crippen LogP contribution is -2.65.